The number of rotatable bonds is 3. The summed E-state index contributed by atoms with van der Waals surface area (Å²) in [5.41, 5.74) is -0.170. The van der Waals surface area contributed by atoms with Crippen molar-refractivity contribution in [1.82, 2.24) is 19.6 Å². The Bertz CT molecular complexity index is 831. The van der Waals surface area contributed by atoms with Crippen molar-refractivity contribution < 1.29 is 9.59 Å². The lowest BCUT2D eigenvalue weighted by Crippen LogP contribution is -2.40. The van der Waals surface area contributed by atoms with E-state index in [1.54, 1.807) is 31.6 Å². The zero-order chi connectivity index (χ0) is 16.1. The number of urea groups is 1. The van der Waals surface area contributed by atoms with Crippen molar-refractivity contribution in [3.8, 4) is 0 Å². The van der Waals surface area contributed by atoms with Crippen molar-refractivity contribution in [1.29, 1.82) is 0 Å². The maximum atomic E-state index is 12.2. The maximum absolute atomic E-state index is 12.2. The van der Waals surface area contributed by atoms with Gasteiger partial charge in [0.15, 0.2) is 0 Å². The molecule has 1 aromatic heterocycles. The first-order chi connectivity index (χ1) is 10.3. The summed E-state index contributed by atoms with van der Waals surface area (Å²) in [5, 5.41) is 3.27. The third-order valence-electron chi connectivity index (χ3n) is 4.05. The number of para-hydroxylation sites is 1. The second kappa shape index (κ2) is 4.72. The number of hydrogen-bond acceptors (Lipinski definition) is 3. The molecular weight excluding hydrogens is 284 g/mol. The number of aromatic nitrogens is 2. The van der Waals surface area contributed by atoms with Gasteiger partial charge in [0.1, 0.15) is 5.54 Å². The number of nitrogens with one attached hydrogen (secondary N) is 1. The fourth-order valence-corrected chi connectivity index (χ4v) is 2.81. The van der Waals surface area contributed by atoms with Gasteiger partial charge in [0.25, 0.3) is 11.5 Å². The zero-order valence-electron chi connectivity index (χ0n) is 12.8. The largest absolute Gasteiger partial charge is 0.325 e. The first-order valence-corrected chi connectivity index (χ1v) is 7.11. The predicted octanol–water partition coefficient (Wildman–Crippen LogP) is 0.670. The molecule has 0 bridgehead atoms. The predicted molar refractivity (Wildman–Crippen MR) is 81.5 cm³/mol. The molecule has 3 amide bonds. The minimum Gasteiger partial charge on any atom is -0.324 e. The highest BCUT2D eigenvalue weighted by atomic mass is 16.2. The number of carbonyl (C=O) groups is 2. The lowest BCUT2D eigenvalue weighted by Gasteiger charge is -2.17. The molecule has 1 aliphatic heterocycles. The Morgan fingerprint density at radius 1 is 1.09 bits per heavy atom. The molecule has 1 aromatic carbocycles. The minimum absolute atomic E-state index is 0.0897. The topological polar surface area (TPSA) is 76.3 Å². The molecule has 7 heteroatoms. The van der Waals surface area contributed by atoms with Crippen molar-refractivity contribution in [2.24, 2.45) is 7.05 Å². The van der Waals surface area contributed by atoms with E-state index in [4.69, 9.17) is 0 Å². The molecule has 1 fully saturated rings. The van der Waals surface area contributed by atoms with Gasteiger partial charge < -0.3 is 5.32 Å². The average molecular weight is 302 g/mol. The van der Waals surface area contributed by atoms with E-state index < -0.39 is 11.6 Å². The molecule has 0 saturated carbocycles. The van der Waals surface area contributed by atoms with Gasteiger partial charge in [0, 0.05) is 7.05 Å². The Morgan fingerprint density at radius 2 is 1.77 bits per heavy atom. The second-order valence-electron chi connectivity index (χ2n) is 5.98. The average Bonchev–Trinajstić information content (AvgIpc) is 2.82. The van der Waals surface area contributed by atoms with Gasteiger partial charge in [-0.05, 0) is 26.0 Å². The Balaban J connectivity index is 1.90. The smallest absolute Gasteiger partial charge is 0.324 e. The van der Waals surface area contributed by atoms with E-state index in [2.05, 4.69) is 5.32 Å². The summed E-state index contributed by atoms with van der Waals surface area (Å²) in [7, 11) is 1.68. The van der Waals surface area contributed by atoms with E-state index >= 15 is 0 Å². The van der Waals surface area contributed by atoms with E-state index in [1.807, 2.05) is 18.2 Å². The van der Waals surface area contributed by atoms with Crippen LogP contribution in [-0.2, 0) is 18.4 Å². The van der Waals surface area contributed by atoms with Gasteiger partial charge in [0.2, 0.25) is 0 Å². The van der Waals surface area contributed by atoms with Gasteiger partial charge in [-0.3, -0.25) is 23.9 Å². The molecule has 0 spiro atoms. The van der Waals surface area contributed by atoms with Crippen molar-refractivity contribution in [3.05, 3.63) is 34.6 Å². The number of nitrogens with zero attached hydrogens (tertiary/aromatic N) is 3. The van der Waals surface area contributed by atoms with Crippen LogP contribution >= 0.6 is 0 Å². The molecule has 2 aromatic rings. The summed E-state index contributed by atoms with van der Waals surface area (Å²) >= 11 is 0. The highest BCUT2D eigenvalue weighted by molar-refractivity contribution is 6.06. The van der Waals surface area contributed by atoms with Crippen LogP contribution in [-0.4, -0.2) is 38.3 Å². The molecule has 1 aliphatic rings. The van der Waals surface area contributed by atoms with Crippen LogP contribution in [0.2, 0.25) is 0 Å². The van der Waals surface area contributed by atoms with E-state index in [-0.39, 0.29) is 18.0 Å². The van der Waals surface area contributed by atoms with Crippen LogP contribution in [0.25, 0.3) is 10.9 Å². The molecule has 116 valence electrons. The summed E-state index contributed by atoms with van der Waals surface area (Å²) in [5.74, 6) is -0.251. The van der Waals surface area contributed by atoms with Crippen LogP contribution in [0.15, 0.2) is 29.1 Å². The lowest BCUT2D eigenvalue weighted by molar-refractivity contribution is -0.130. The Kier molecular flexibility index (Phi) is 3.09. The van der Waals surface area contributed by atoms with Crippen molar-refractivity contribution in [2.75, 3.05) is 6.54 Å². The molecule has 2 heterocycles. The SMILES string of the molecule is Cn1c(=O)c2ccccc2n1CCN1C(=O)NC(C)(C)C1=O. The highest BCUT2D eigenvalue weighted by Gasteiger charge is 2.43. The molecule has 7 nitrogen and oxygen atoms in total. The Labute approximate surface area is 127 Å². The van der Waals surface area contributed by atoms with Crippen LogP contribution < -0.4 is 10.9 Å². The maximum Gasteiger partial charge on any atom is 0.325 e. The number of fused-ring (bicyclic) bond motifs is 1. The van der Waals surface area contributed by atoms with Gasteiger partial charge in [-0.2, -0.15) is 0 Å². The fraction of sp³-hybridized carbons (Fsp3) is 0.400. The third-order valence-corrected chi connectivity index (χ3v) is 4.05. The molecule has 0 unspecified atom stereocenters. The molecule has 0 aliphatic carbocycles. The number of carbonyl (C=O) groups excluding carboxylic acids is 2. The minimum atomic E-state index is -0.873. The Hall–Kier alpha value is -2.57. The van der Waals surface area contributed by atoms with Gasteiger partial charge >= 0.3 is 6.03 Å². The zero-order valence-corrected chi connectivity index (χ0v) is 12.8. The lowest BCUT2D eigenvalue weighted by atomic mass is 10.1. The van der Waals surface area contributed by atoms with Crippen LogP contribution in [0.5, 0.6) is 0 Å². The van der Waals surface area contributed by atoms with Crippen LogP contribution in [0.4, 0.5) is 4.79 Å². The monoisotopic (exact) mass is 302 g/mol. The third kappa shape index (κ3) is 2.01. The van der Waals surface area contributed by atoms with E-state index in [0.717, 1.165) is 5.52 Å². The molecule has 0 atom stereocenters. The van der Waals surface area contributed by atoms with Gasteiger partial charge in [0.05, 0.1) is 24.0 Å². The molecule has 3 rings (SSSR count). The van der Waals surface area contributed by atoms with E-state index in [9.17, 15) is 14.4 Å². The molecule has 22 heavy (non-hydrogen) atoms. The van der Waals surface area contributed by atoms with Crippen LogP contribution in [0.3, 0.4) is 0 Å². The quantitative estimate of drug-likeness (QED) is 0.847. The van der Waals surface area contributed by atoms with E-state index in [0.29, 0.717) is 11.9 Å². The van der Waals surface area contributed by atoms with Crippen LogP contribution in [0, 0.1) is 0 Å². The van der Waals surface area contributed by atoms with Gasteiger partial charge in [-0.25, -0.2) is 4.79 Å². The van der Waals surface area contributed by atoms with Crippen molar-refractivity contribution in [2.45, 2.75) is 25.9 Å². The standard InChI is InChI=1S/C15H18N4O3/c1-15(2)13(21)18(14(22)16-15)8-9-19-11-7-5-4-6-10(11)12(20)17(19)3/h4-7H,8-9H2,1-3H3,(H,16,22). The molecule has 1 N–H and O–H groups in total. The number of benzene rings is 1. The summed E-state index contributed by atoms with van der Waals surface area (Å²) in [6.07, 6.45) is 0. The summed E-state index contributed by atoms with van der Waals surface area (Å²) in [4.78, 5) is 37.4. The van der Waals surface area contributed by atoms with Crippen LogP contribution in [0.1, 0.15) is 13.8 Å². The van der Waals surface area contributed by atoms with Crippen molar-refractivity contribution in [3.63, 3.8) is 0 Å². The van der Waals surface area contributed by atoms with Crippen molar-refractivity contribution >= 4 is 22.8 Å². The highest BCUT2D eigenvalue weighted by Crippen LogP contribution is 2.17. The number of hydrogen-bond donors (Lipinski definition) is 1. The van der Waals surface area contributed by atoms with Gasteiger partial charge in [-0.1, -0.05) is 12.1 Å². The number of amides is 3. The Morgan fingerprint density at radius 3 is 2.41 bits per heavy atom. The molecule has 0 radical (unpaired) electrons. The first-order valence-electron chi connectivity index (χ1n) is 7.11. The second-order valence-corrected chi connectivity index (χ2v) is 5.98. The summed E-state index contributed by atoms with van der Waals surface area (Å²) < 4.78 is 3.29. The molecular formula is C15H18N4O3. The summed E-state index contributed by atoms with van der Waals surface area (Å²) in [6.45, 7) is 3.94. The first kappa shape index (κ1) is 14.4. The fourth-order valence-electron chi connectivity index (χ4n) is 2.81. The normalized spacial score (nSPS) is 17.3. The van der Waals surface area contributed by atoms with Gasteiger partial charge in [-0.15, -0.1) is 0 Å². The summed E-state index contributed by atoms with van der Waals surface area (Å²) in [6, 6.07) is 6.90. The number of imide groups is 1. The molecule has 1 saturated heterocycles. The van der Waals surface area contributed by atoms with E-state index in [1.165, 1.54) is 9.58 Å².